The van der Waals surface area contributed by atoms with E-state index in [1.807, 2.05) is 0 Å². The third-order valence-corrected chi connectivity index (χ3v) is 4.19. The molecule has 0 spiro atoms. The van der Waals surface area contributed by atoms with E-state index in [0.717, 1.165) is 0 Å². The van der Waals surface area contributed by atoms with Crippen LogP contribution in [0.25, 0.3) is 0 Å². The van der Waals surface area contributed by atoms with Crippen molar-refractivity contribution in [3.05, 3.63) is 23.8 Å². The number of nitrogens with zero attached hydrogens (tertiary/aromatic N) is 1. The molecule has 0 aromatic heterocycles. The van der Waals surface area contributed by atoms with Crippen molar-refractivity contribution < 1.29 is 25.8 Å². The van der Waals surface area contributed by atoms with E-state index < -0.39 is 20.5 Å². The van der Waals surface area contributed by atoms with E-state index in [1.165, 1.54) is 0 Å². The molecule has 10 nitrogen and oxygen atoms in total. The van der Waals surface area contributed by atoms with E-state index in [1.54, 1.807) is 18.2 Å². The van der Waals surface area contributed by atoms with Gasteiger partial charge in [0, 0.05) is 0 Å². The maximum absolute atomic E-state index is 11.5. The molecule has 23 heavy (non-hydrogen) atoms. The molecule has 0 aliphatic carbocycles. The van der Waals surface area contributed by atoms with E-state index in [-0.39, 0.29) is 24.7 Å². The minimum Gasteiger partial charge on any atom is -0.493 e. The Morgan fingerprint density at radius 2 is 1.91 bits per heavy atom. The minimum absolute atomic E-state index is 0.0432. The Morgan fingerprint density at radius 3 is 2.61 bits per heavy atom. The summed E-state index contributed by atoms with van der Waals surface area (Å²) < 4.78 is 59.6. The van der Waals surface area contributed by atoms with Gasteiger partial charge >= 0.3 is 20.5 Å². The van der Waals surface area contributed by atoms with Gasteiger partial charge in [0.05, 0.1) is 24.5 Å². The number of anilines is 1. The van der Waals surface area contributed by atoms with Crippen LogP contribution in [-0.4, -0.2) is 35.9 Å². The molecule has 0 atom stereocenters. The van der Waals surface area contributed by atoms with Gasteiger partial charge in [0.15, 0.2) is 5.84 Å². The molecule has 0 radical (unpaired) electrons. The molecule has 0 amide bonds. The van der Waals surface area contributed by atoms with Gasteiger partial charge < -0.3 is 10.5 Å². The smallest absolute Gasteiger partial charge is 0.344 e. The van der Waals surface area contributed by atoms with Crippen LogP contribution in [0.2, 0.25) is 0 Å². The average molecular weight is 364 g/mol. The van der Waals surface area contributed by atoms with Crippen molar-refractivity contribution >= 4 is 32.0 Å². The first-order valence-corrected chi connectivity index (χ1v) is 9.40. The zero-order chi connectivity index (χ0) is 17.1. The maximum atomic E-state index is 11.5. The second-order valence-corrected chi connectivity index (χ2v) is 7.16. The third-order valence-electron chi connectivity index (χ3n) is 2.78. The molecular weight excluding hydrogens is 348 g/mol. The largest absolute Gasteiger partial charge is 0.493 e. The molecule has 5 N–H and O–H groups in total. The number of nitrogens with two attached hydrogens (primary N) is 2. The Bertz CT molecular complexity index is 819. The van der Waals surface area contributed by atoms with Crippen molar-refractivity contribution in [1.82, 2.24) is 0 Å². The molecule has 1 aromatic carbocycles. The summed E-state index contributed by atoms with van der Waals surface area (Å²) in [5.41, 5.74) is 6.32. The predicted molar refractivity (Wildman–Crippen MR) is 83.5 cm³/mol. The summed E-state index contributed by atoms with van der Waals surface area (Å²) in [4.78, 5) is 0. The van der Waals surface area contributed by atoms with Gasteiger partial charge in [-0.05, 0) is 25.0 Å². The summed E-state index contributed by atoms with van der Waals surface area (Å²) in [6.07, 6.45) is 0.920. The molecule has 0 fully saturated rings. The average Bonchev–Trinajstić information content (AvgIpc) is 2.39. The highest BCUT2D eigenvalue weighted by Crippen LogP contribution is 2.30. The lowest BCUT2D eigenvalue weighted by Crippen LogP contribution is -2.27. The summed E-state index contributed by atoms with van der Waals surface area (Å²) in [6, 6.07) is 4.78. The number of fused-ring (bicyclic) bond motifs is 1. The minimum atomic E-state index is -3.93. The zero-order valence-electron chi connectivity index (χ0n) is 11.9. The van der Waals surface area contributed by atoms with Crippen LogP contribution in [0.4, 0.5) is 5.69 Å². The number of benzene rings is 1. The Labute approximate surface area is 133 Å². The van der Waals surface area contributed by atoms with Gasteiger partial charge in [0.25, 0.3) is 0 Å². The molecule has 0 unspecified atom stereocenters. The quantitative estimate of drug-likeness (QED) is 0.546. The lowest BCUT2D eigenvalue weighted by Gasteiger charge is -2.19. The molecule has 0 saturated carbocycles. The highest BCUT2D eigenvalue weighted by atomic mass is 32.2. The SMILES string of the molecule is NC1=NS(=O)(=O)Nc2cccc(OCCCCOS(N)(=O)=O)c21. The van der Waals surface area contributed by atoms with Crippen LogP contribution in [0.1, 0.15) is 18.4 Å². The highest BCUT2D eigenvalue weighted by Gasteiger charge is 2.24. The summed E-state index contributed by atoms with van der Waals surface area (Å²) >= 11 is 0. The van der Waals surface area contributed by atoms with Gasteiger partial charge in [-0.15, -0.1) is 4.40 Å². The predicted octanol–water partition coefficient (Wildman–Crippen LogP) is -0.559. The second-order valence-electron chi connectivity index (χ2n) is 4.60. The Kier molecular flexibility index (Phi) is 5.09. The first-order chi connectivity index (χ1) is 10.7. The van der Waals surface area contributed by atoms with Crippen molar-refractivity contribution in [2.45, 2.75) is 12.8 Å². The van der Waals surface area contributed by atoms with Crippen LogP contribution in [0.5, 0.6) is 5.75 Å². The van der Waals surface area contributed by atoms with Crippen LogP contribution >= 0.6 is 0 Å². The fraction of sp³-hybridized carbons (Fsp3) is 0.364. The number of hydrogen-bond acceptors (Lipinski definition) is 7. The van der Waals surface area contributed by atoms with E-state index in [9.17, 15) is 16.8 Å². The molecule has 1 aliphatic rings. The lowest BCUT2D eigenvalue weighted by atomic mass is 10.1. The van der Waals surface area contributed by atoms with Crippen LogP contribution < -0.4 is 20.3 Å². The maximum Gasteiger partial charge on any atom is 0.344 e. The van der Waals surface area contributed by atoms with Gasteiger partial charge in [0.1, 0.15) is 5.75 Å². The molecule has 1 aliphatic heterocycles. The molecule has 0 bridgehead atoms. The second kappa shape index (κ2) is 6.70. The molecule has 2 rings (SSSR count). The summed E-state index contributed by atoms with van der Waals surface area (Å²) in [5.74, 6) is 0.213. The molecular formula is C11H16N4O6S2. The van der Waals surface area contributed by atoms with Crippen LogP contribution in [0, 0.1) is 0 Å². The van der Waals surface area contributed by atoms with Crippen molar-refractivity contribution in [3.8, 4) is 5.75 Å². The first kappa shape index (κ1) is 17.5. The molecule has 128 valence electrons. The summed E-state index contributed by atoms with van der Waals surface area (Å²) in [5, 5.41) is 4.69. The molecule has 12 heteroatoms. The van der Waals surface area contributed by atoms with Crippen LogP contribution in [0.15, 0.2) is 22.6 Å². The van der Waals surface area contributed by atoms with Crippen LogP contribution in [0.3, 0.4) is 0 Å². The monoisotopic (exact) mass is 364 g/mol. The fourth-order valence-corrected chi connectivity index (χ4v) is 3.09. The van der Waals surface area contributed by atoms with Gasteiger partial charge in [-0.25, -0.2) is 5.14 Å². The van der Waals surface area contributed by atoms with Gasteiger partial charge in [-0.3, -0.25) is 8.91 Å². The Hall–Kier alpha value is -1.89. The van der Waals surface area contributed by atoms with Crippen molar-refractivity contribution in [3.63, 3.8) is 0 Å². The van der Waals surface area contributed by atoms with E-state index in [2.05, 4.69) is 13.3 Å². The van der Waals surface area contributed by atoms with Gasteiger partial charge in [-0.1, -0.05) is 6.07 Å². The number of hydrogen-bond donors (Lipinski definition) is 3. The summed E-state index contributed by atoms with van der Waals surface area (Å²) in [6.45, 7) is 0.211. The number of nitrogens with one attached hydrogen (secondary N) is 1. The van der Waals surface area contributed by atoms with Gasteiger partial charge in [0.2, 0.25) is 0 Å². The van der Waals surface area contributed by atoms with E-state index in [0.29, 0.717) is 24.2 Å². The lowest BCUT2D eigenvalue weighted by molar-refractivity contribution is 0.268. The first-order valence-electron chi connectivity index (χ1n) is 6.49. The topological polar surface area (TPSA) is 163 Å². The molecule has 1 aromatic rings. The van der Waals surface area contributed by atoms with Gasteiger partial charge in [-0.2, -0.15) is 16.8 Å². The van der Waals surface area contributed by atoms with Crippen molar-refractivity contribution in [2.75, 3.05) is 17.9 Å². The fourth-order valence-electron chi connectivity index (χ4n) is 1.90. The number of amidine groups is 1. The standard InChI is InChI=1S/C11H16N4O6S2/c12-11-10-8(14-23(18,19)15-11)4-3-5-9(10)20-6-1-2-7-21-22(13,16)17/h3-5,14H,1-2,6-7H2,(H2,12,15)(H2,13,16,17). The molecule has 0 saturated heterocycles. The highest BCUT2D eigenvalue weighted by molar-refractivity contribution is 7.91. The number of unbranched alkanes of at least 4 members (excludes halogenated alkanes) is 1. The Balaban J connectivity index is 1.95. The van der Waals surface area contributed by atoms with E-state index >= 15 is 0 Å². The normalized spacial score (nSPS) is 16.1. The molecule has 1 heterocycles. The number of rotatable bonds is 7. The number of ether oxygens (including phenoxy) is 1. The van der Waals surface area contributed by atoms with Crippen molar-refractivity contribution in [2.24, 2.45) is 15.3 Å². The third kappa shape index (κ3) is 5.06. The van der Waals surface area contributed by atoms with E-state index in [4.69, 9.17) is 15.6 Å². The van der Waals surface area contributed by atoms with Crippen LogP contribution in [-0.2, 0) is 24.7 Å². The zero-order valence-corrected chi connectivity index (χ0v) is 13.6. The Morgan fingerprint density at radius 1 is 1.22 bits per heavy atom. The van der Waals surface area contributed by atoms with Crippen molar-refractivity contribution in [1.29, 1.82) is 0 Å². The summed E-state index contributed by atoms with van der Waals surface area (Å²) in [7, 11) is -7.77.